The summed E-state index contributed by atoms with van der Waals surface area (Å²) in [4.78, 5) is 0. The van der Waals surface area contributed by atoms with Crippen LogP contribution in [0.2, 0.25) is 0 Å². The second-order valence-electron chi connectivity index (χ2n) is 3.54. The van der Waals surface area contributed by atoms with Crippen molar-refractivity contribution in [2.45, 2.75) is 20.5 Å². The second-order valence-corrected chi connectivity index (χ2v) is 4.78. The van der Waals surface area contributed by atoms with Crippen LogP contribution < -0.4 is 0 Å². The molecular formula is C11H15IO. The van der Waals surface area contributed by atoms with E-state index in [1.807, 2.05) is 0 Å². The maximum absolute atomic E-state index is 5.52. The molecule has 0 fully saturated rings. The van der Waals surface area contributed by atoms with Gasteiger partial charge in [0, 0.05) is 10.2 Å². The topological polar surface area (TPSA) is 9.23 Å². The van der Waals surface area contributed by atoms with E-state index in [-0.39, 0.29) is 0 Å². The standard InChI is InChI=1S/C11H15IO/c1-9(2)7-13-8-10-3-5-11(12)6-4-10/h3-6,9H,7-8H2,1-2H3. The van der Waals surface area contributed by atoms with Gasteiger partial charge in [0.05, 0.1) is 6.61 Å². The number of hydrogen-bond acceptors (Lipinski definition) is 1. The summed E-state index contributed by atoms with van der Waals surface area (Å²) in [5.41, 5.74) is 1.25. The quantitative estimate of drug-likeness (QED) is 0.772. The smallest absolute Gasteiger partial charge is 0.0717 e. The van der Waals surface area contributed by atoms with Crippen LogP contribution in [0.4, 0.5) is 0 Å². The maximum Gasteiger partial charge on any atom is 0.0717 e. The molecule has 0 aliphatic rings. The van der Waals surface area contributed by atoms with Gasteiger partial charge < -0.3 is 4.74 Å². The second kappa shape index (κ2) is 5.60. The highest BCUT2D eigenvalue weighted by Gasteiger charge is 1.95. The van der Waals surface area contributed by atoms with Crippen LogP contribution in [0, 0.1) is 9.49 Å². The minimum Gasteiger partial charge on any atom is -0.377 e. The summed E-state index contributed by atoms with van der Waals surface area (Å²) in [6.07, 6.45) is 0. The molecular weight excluding hydrogens is 275 g/mol. The summed E-state index contributed by atoms with van der Waals surface area (Å²) in [6.45, 7) is 5.89. The monoisotopic (exact) mass is 290 g/mol. The van der Waals surface area contributed by atoms with Gasteiger partial charge >= 0.3 is 0 Å². The fourth-order valence-corrected chi connectivity index (χ4v) is 1.35. The summed E-state index contributed by atoms with van der Waals surface area (Å²) in [5, 5.41) is 0. The van der Waals surface area contributed by atoms with Crippen molar-refractivity contribution < 1.29 is 4.74 Å². The molecule has 72 valence electrons. The molecule has 0 bridgehead atoms. The Kier molecular flexibility index (Phi) is 4.73. The number of halogens is 1. The van der Waals surface area contributed by atoms with Gasteiger partial charge in [-0.25, -0.2) is 0 Å². The van der Waals surface area contributed by atoms with Crippen molar-refractivity contribution in [3.63, 3.8) is 0 Å². The van der Waals surface area contributed by atoms with E-state index >= 15 is 0 Å². The average molecular weight is 290 g/mol. The number of ether oxygens (including phenoxy) is 1. The molecule has 0 saturated heterocycles. The first-order chi connectivity index (χ1) is 6.18. The Morgan fingerprint density at radius 3 is 2.38 bits per heavy atom. The fraction of sp³-hybridized carbons (Fsp3) is 0.455. The zero-order valence-corrected chi connectivity index (χ0v) is 10.2. The Balaban J connectivity index is 2.33. The molecule has 1 rings (SSSR count). The highest BCUT2D eigenvalue weighted by atomic mass is 127. The van der Waals surface area contributed by atoms with E-state index in [2.05, 4.69) is 60.7 Å². The van der Waals surface area contributed by atoms with E-state index in [4.69, 9.17) is 4.74 Å². The molecule has 1 nitrogen and oxygen atoms in total. The summed E-state index contributed by atoms with van der Waals surface area (Å²) < 4.78 is 6.79. The largest absolute Gasteiger partial charge is 0.377 e. The van der Waals surface area contributed by atoms with Crippen LogP contribution in [0.1, 0.15) is 19.4 Å². The third kappa shape index (κ3) is 4.62. The Morgan fingerprint density at radius 2 is 1.85 bits per heavy atom. The van der Waals surface area contributed by atoms with Crippen molar-refractivity contribution in [1.29, 1.82) is 0 Å². The van der Waals surface area contributed by atoms with E-state index in [1.54, 1.807) is 0 Å². The van der Waals surface area contributed by atoms with Crippen LogP contribution in [0.25, 0.3) is 0 Å². The van der Waals surface area contributed by atoms with Crippen molar-refractivity contribution in [3.8, 4) is 0 Å². The van der Waals surface area contributed by atoms with Gasteiger partial charge in [0.1, 0.15) is 0 Å². The van der Waals surface area contributed by atoms with Gasteiger partial charge in [-0.05, 0) is 46.2 Å². The van der Waals surface area contributed by atoms with E-state index in [9.17, 15) is 0 Å². The molecule has 0 N–H and O–H groups in total. The minimum atomic E-state index is 0.615. The van der Waals surface area contributed by atoms with Crippen LogP contribution in [0.3, 0.4) is 0 Å². The SMILES string of the molecule is CC(C)COCc1ccc(I)cc1. The molecule has 0 radical (unpaired) electrons. The van der Waals surface area contributed by atoms with Gasteiger partial charge in [-0.3, -0.25) is 0 Å². The lowest BCUT2D eigenvalue weighted by Gasteiger charge is -2.06. The van der Waals surface area contributed by atoms with Crippen LogP contribution in [-0.2, 0) is 11.3 Å². The van der Waals surface area contributed by atoms with Crippen LogP contribution >= 0.6 is 22.6 Å². The molecule has 2 heteroatoms. The predicted molar refractivity (Wildman–Crippen MR) is 63.7 cm³/mol. The van der Waals surface area contributed by atoms with Crippen LogP contribution in [0.15, 0.2) is 24.3 Å². The molecule has 0 unspecified atom stereocenters. The number of hydrogen-bond donors (Lipinski definition) is 0. The van der Waals surface area contributed by atoms with E-state index in [0.29, 0.717) is 5.92 Å². The van der Waals surface area contributed by atoms with Crippen LogP contribution in [0.5, 0.6) is 0 Å². The van der Waals surface area contributed by atoms with Crippen molar-refractivity contribution in [3.05, 3.63) is 33.4 Å². The molecule has 0 atom stereocenters. The normalized spacial score (nSPS) is 10.8. The van der Waals surface area contributed by atoms with Gasteiger partial charge in [-0.1, -0.05) is 26.0 Å². The molecule has 0 aliphatic heterocycles. The molecule has 0 aliphatic carbocycles. The fourth-order valence-electron chi connectivity index (χ4n) is 0.993. The lowest BCUT2D eigenvalue weighted by Crippen LogP contribution is -2.01. The Bertz CT molecular complexity index is 241. The maximum atomic E-state index is 5.52. The van der Waals surface area contributed by atoms with Crippen molar-refractivity contribution in [2.24, 2.45) is 5.92 Å². The number of benzene rings is 1. The Labute approximate surface area is 93.6 Å². The number of rotatable bonds is 4. The van der Waals surface area contributed by atoms with Crippen LogP contribution in [-0.4, -0.2) is 6.61 Å². The zero-order valence-electron chi connectivity index (χ0n) is 8.09. The first kappa shape index (κ1) is 11.0. The zero-order chi connectivity index (χ0) is 9.68. The predicted octanol–water partition coefficient (Wildman–Crippen LogP) is 3.46. The highest BCUT2D eigenvalue weighted by Crippen LogP contribution is 2.08. The van der Waals surface area contributed by atoms with E-state index in [0.717, 1.165) is 13.2 Å². The van der Waals surface area contributed by atoms with E-state index in [1.165, 1.54) is 9.13 Å². The molecule has 1 aromatic rings. The third-order valence-electron chi connectivity index (χ3n) is 1.63. The molecule has 0 aromatic heterocycles. The molecule has 0 heterocycles. The lowest BCUT2D eigenvalue weighted by molar-refractivity contribution is 0.0971. The average Bonchev–Trinajstić information content (AvgIpc) is 2.08. The van der Waals surface area contributed by atoms with Crippen molar-refractivity contribution >= 4 is 22.6 Å². The van der Waals surface area contributed by atoms with Gasteiger partial charge in [0.2, 0.25) is 0 Å². The van der Waals surface area contributed by atoms with Gasteiger partial charge in [-0.2, -0.15) is 0 Å². The first-order valence-corrected chi connectivity index (χ1v) is 5.58. The molecule has 0 amide bonds. The highest BCUT2D eigenvalue weighted by molar-refractivity contribution is 14.1. The van der Waals surface area contributed by atoms with Gasteiger partial charge in [0.25, 0.3) is 0 Å². The summed E-state index contributed by atoms with van der Waals surface area (Å²) in [6, 6.07) is 8.44. The minimum absolute atomic E-state index is 0.615. The molecule has 13 heavy (non-hydrogen) atoms. The molecule has 1 aromatic carbocycles. The summed E-state index contributed by atoms with van der Waals surface area (Å²) in [7, 11) is 0. The Hall–Kier alpha value is -0.0900. The van der Waals surface area contributed by atoms with Gasteiger partial charge in [-0.15, -0.1) is 0 Å². The van der Waals surface area contributed by atoms with Crippen molar-refractivity contribution in [1.82, 2.24) is 0 Å². The summed E-state index contributed by atoms with van der Waals surface area (Å²) >= 11 is 2.30. The van der Waals surface area contributed by atoms with Crippen molar-refractivity contribution in [2.75, 3.05) is 6.61 Å². The lowest BCUT2D eigenvalue weighted by atomic mass is 10.2. The Morgan fingerprint density at radius 1 is 1.23 bits per heavy atom. The van der Waals surface area contributed by atoms with E-state index < -0.39 is 0 Å². The summed E-state index contributed by atoms with van der Waals surface area (Å²) in [5.74, 6) is 0.615. The third-order valence-corrected chi connectivity index (χ3v) is 2.35. The van der Waals surface area contributed by atoms with Gasteiger partial charge in [0.15, 0.2) is 0 Å². The molecule has 0 spiro atoms. The molecule has 0 saturated carbocycles. The first-order valence-electron chi connectivity index (χ1n) is 4.50.